The number of hydrogen-bond donors (Lipinski definition) is 2. The SMILES string of the molecule is NC1CCC2CN(C(=O)CNC(=O)c3cccc(Cl)c3)CC12. The summed E-state index contributed by atoms with van der Waals surface area (Å²) in [6, 6.07) is 6.88. The van der Waals surface area contributed by atoms with Crippen LogP contribution in [0.15, 0.2) is 24.3 Å². The van der Waals surface area contributed by atoms with Crippen molar-refractivity contribution < 1.29 is 9.59 Å². The average molecular weight is 322 g/mol. The van der Waals surface area contributed by atoms with Crippen LogP contribution < -0.4 is 11.1 Å². The van der Waals surface area contributed by atoms with E-state index in [2.05, 4.69) is 5.32 Å². The number of nitrogens with two attached hydrogens (primary N) is 1. The number of likely N-dealkylation sites (tertiary alicyclic amines) is 1. The smallest absolute Gasteiger partial charge is 0.251 e. The molecule has 2 aliphatic rings. The monoisotopic (exact) mass is 321 g/mol. The minimum absolute atomic E-state index is 0.0139. The first-order chi connectivity index (χ1) is 10.5. The van der Waals surface area contributed by atoms with Crippen molar-refractivity contribution >= 4 is 23.4 Å². The van der Waals surface area contributed by atoms with E-state index in [1.807, 2.05) is 4.90 Å². The molecule has 1 aromatic carbocycles. The summed E-state index contributed by atoms with van der Waals surface area (Å²) in [5.74, 6) is 0.624. The third-order valence-corrected chi connectivity index (χ3v) is 4.99. The van der Waals surface area contributed by atoms with Crippen LogP contribution in [0.2, 0.25) is 5.02 Å². The van der Waals surface area contributed by atoms with Gasteiger partial charge in [-0.1, -0.05) is 17.7 Å². The molecular formula is C16H20ClN3O2. The van der Waals surface area contributed by atoms with E-state index in [4.69, 9.17) is 17.3 Å². The normalized spacial score (nSPS) is 26.8. The Hall–Kier alpha value is -1.59. The number of fused-ring (bicyclic) bond motifs is 1. The lowest BCUT2D eigenvalue weighted by molar-refractivity contribution is -0.129. The standard InChI is InChI=1S/C16H20ClN3O2/c17-12-3-1-2-10(6-12)16(22)19-7-15(21)20-8-11-4-5-14(18)13(11)9-20/h1-3,6,11,13-14H,4-5,7-9,18H2,(H,19,22). The minimum Gasteiger partial charge on any atom is -0.343 e. The van der Waals surface area contributed by atoms with Crippen molar-refractivity contribution in [1.82, 2.24) is 10.2 Å². The maximum absolute atomic E-state index is 12.2. The lowest BCUT2D eigenvalue weighted by Gasteiger charge is -2.19. The van der Waals surface area contributed by atoms with Gasteiger partial charge < -0.3 is 16.0 Å². The number of rotatable bonds is 3. The molecule has 22 heavy (non-hydrogen) atoms. The lowest BCUT2D eigenvalue weighted by atomic mass is 9.98. The molecule has 118 valence electrons. The lowest BCUT2D eigenvalue weighted by Crippen LogP contribution is -2.40. The zero-order valence-corrected chi connectivity index (χ0v) is 13.1. The third kappa shape index (κ3) is 3.10. The van der Waals surface area contributed by atoms with Crippen LogP contribution in [0.3, 0.4) is 0 Å². The Bertz CT molecular complexity index is 593. The molecule has 2 amide bonds. The van der Waals surface area contributed by atoms with Crippen LogP contribution in [0.25, 0.3) is 0 Å². The highest BCUT2D eigenvalue weighted by Crippen LogP contribution is 2.36. The fourth-order valence-corrected chi connectivity index (χ4v) is 3.70. The fraction of sp³-hybridized carbons (Fsp3) is 0.500. The molecule has 0 bridgehead atoms. The second-order valence-corrected chi connectivity index (χ2v) is 6.59. The number of hydrogen-bond acceptors (Lipinski definition) is 3. The molecule has 1 saturated heterocycles. The van der Waals surface area contributed by atoms with Gasteiger partial charge in [-0.3, -0.25) is 9.59 Å². The first-order valence-electron chi connectivity index (χ1n) is 7.61. The van der Waals surface area contributed by atoms with Crippen molar-refractivity contribution in [3.63, 3.8) is 0 Å². The Labute approximate surface area is 134 Å². The average Bonchev–Trinajstić information content (AvgIpc) is 3.07. The number of amides is 2. The molecule has 3 rings (SSSR count). The van der Waals surface area contributed by atoms with Gasteiger partial charge >= 0.3 is 0 Å². The molecule has 1 heterocycles. The molecule has 5 nitrogen and oxygen atoms in total. The van der Waals surface area contributed by atoms with Crippen molar-refractivity contribution in [1.29, 1.82) is 0 Å². The van der Waals surface area contributed by atoms with Gasteiger partial charge in [-0.15, -0.1) is 0 Å². The molecule has 2 fully saturated rings. The summed E-state index contributed by atoms with van der Waals surface area (Å²) in [5.41, 5.74) is 6.53. The van der Waals surface area contributed by atoms with E-state index in [-0.39, 0.29) is 24.4 Å². The Morgan fingerprint density at radius 3 is 2.86 bits per heavy atom. The van der Waals surface area contributed by atoms with Gasteiger partial charge in [0, 0.05) is 29.7 Å². The number of benzene rings is 1. The van der Waals surface area contributed by atoms with Crippen LogP contribution in [0.5, 0.6) is 0 Å². The quantitative estimate of drug-likeness (QED) is 0.880. The van der Waals surface area contributed by atoms with Crippen molar-refractivity contribution in [2.24, 2.45) is 17.6 Å². The van der Waals surface area contributed by atoms with E-state index in [0.717, 1.165) is 25.9 Å². The Kier molecular flexibility index (Phi) is 4.36. The molecule has 6 heteroatoms. The zero-order chi connectivity index (χ0) is 15.7. The summed E-state index contributed by atoms with van der Waals surface area (Å²) in [4.78, 5) is 26.1. The van der Waals surface area contributed by atoms with Crippen LogP contribution in [0.4, 0.5) is 0 Å². The van der Waals surface area contributed by atoms with Gasteiger partial charge in [0.2, 0.25) is 5.91 Å². The number of halogens is 1. The maximum atomic E-state index is 12.2. The van der Waals surface area contributed by atoms with E-state index in [0.29, 0.717) is 22.4 Å². The maximum Gasteiger partial charge on any atom is 0.251 e. The van der Waals surface area contributed by atoms with E-state index < -0.39 is 0 Å². The second kappa shape index (κ2) is 6.26. The van der Waals surface area contributed by atoms with Gasteiger partial charge in [0.15, 0.2) is 0 Å². The summed E-state index contributed by atoms with van der Waals surface area (Å²) in [7, 11) is 0. The molecule has 0 spiro atoms. The number of nitrogens with zero attached hydrogens (tertiary/aromatic N) is 1. The zero-order valence-electron chi connectivity index (χ0n) is 12.3. The van der Waals surface area contributed by atoms with Crippen molar-refractivity contribution in [2.75, 3.05) is 19.6 Å². The molecule has 1 saturated carbocycles. The van der Waals surface area contributed by atoms with Gasteiger partial charge in [0.1, 0.15) is 0 Å². The number of carbonyl (C=O) groups is 2. The molecule has 3 unspecified atom stereocenters. The summed E-state index contributed by atoms with van der Waals surface area (Å²) < 4.78 is 0. The highest BCUT2D eigenvalue weighted by Gasteiger charge is 2.42. The Morgan fingerprint density at radius 1 is 1.32 bits per heavy atom. The number of nitrogens with one attached hydrogen (secondary N) is 1. The van der Waals surface area contributed by atoms with Crippen molar-refractivity contribution in [3.8, 4) is 0 Å². The van der Waals surface area contributed by atoms with Gasteiger partial charge in [0.05, 0.1) is 6.54 Å². The first kappa shape index (κ1) is 15.3. The van der Waals surface area contributed by atoms with Gasteiger partial charge in [-0.2, -0.15) is 0 Å². The molecular weight excluding hydrogens is 302 g/mol. The molecule has 3 N–H and O–H groups in total. The van der Waals surface area contributed by atoms with E-state index in [9.17, 15) is 9.59 Å². The summed E-state index contributed by atoms with van der Waals surface area (Å²) in [6.07, 6.45) is 2.16. The highest BCUT2D eigenvalue weighted by molar-refractivity contribution is 6.30. The molecule has 1 aliphatic heterocycles. The largest absolute Gasteiger partial charge is 0.343 e. The van der Waals surface area contributed by atoms with Gasteiger partial charge in [-0.05, 0) is 42.9 Å². The predicted molar refractivity (Wildman–Crippen MR) is 84.6 cm³/mol. The predicted octanol–water partition coefficient (Wildman–Crippen LogP) is 1.27. The van der Waals surface area contributed by atoms with Crippen LogP contribution in [0, 0.1) is 11.8 Å². The first-order valence-corrected chi connectivity index (χ1v) is 7.99. The van der Waals surface area contributed by atoms with Crippen LogP contribution in [0.1, 0.15) is 23.2 Å². The number of carbonyl (C=O) groups excluding carboxylic acids is 2. The molecule has 1 aliphatic carbocycles. The van der Waals surface area contributed by atoms with Crippen molar-refractivity contribution in [2.45, 2.75) is 18.9 Å². The molecule has 0 aromatic heterocycles. The van der Waals surface area contributed by atoms with E-state index in [1.165, 1.54) is 0 Å². The molecule has 1 aromatic rings. The summed E-state index contributed by atoms with van der Waals surface area (Å²) in [5, 5.41) is 3.16. The minimum atomic E-state index is -0.285. The van der Waals surface area contributed by atoms with Crippen molar-refractivity contribution in [3.05, 3.63) is 34.9 Å². The molecule has 3 atom stereocenters. The molecule has 0 radical (unpaired) electrons. The summed E-state index contributed by atoms with van der Waals surface area (Å²) >= 11 is 5.86. The van der Waals surface area contributed by atoms with Crippen LogP contribution in [-0.4, -0.2) is 42.4 Å². The Balaban J connectivity index is 1.52. The second-order valence-electron chi connectivity index (χ2n) is 6.16. The van der Waals surface area contributed by atoms with E-state index in [1.54, 1.807) is 24.3 Å². The van der Waals surface area contributed by atoms with E-state index >= 15 is 0 Å². The fourth-order valence-electron chi connectivity index (χ4n) is 3.51. The topological polar surface area (TPSA) is 75.4 Å². The summed E-state index contributed by atoms with van der Waals surface area (Å²) in [6.45, 7) is 1.50. The van der Waals surface area contributed by atoms with Gasteiger partial charge in [-0.25, -0.2) is 0 Å². The van der Waals surface area contributed by atoms with Crippen LogP contribution in [-0.2, 0) is 4.79 Å². The third-order valence-electron chi connectivity index (χ3n) is 4.75. The van der Waals surface area contributed by atoms with Gasteiger partial charge in [0.25, 0.3) is 5.91 Å². The Morgan fingerprint density at radius 2 is 2.14 bits per heavy atom. The highest BCUT2D eigenvalue weighted by atomic mass is 35.5. The van der Waals surface area contributed by atoms with Crippen LogP contribution >= 0.6 is 11.6 Å².